The number of anilines is 3. The van der Waals surface area contributed by atoms with E-state index in [9.17, 15) is 30.5 Å². The number of phenolic OH excluding ortho intramolecular Hbond substituents is 4. The third-order valence-electron chi connectivity index (χ3n) is 6.77. The molecule has 0 aliphatic carbocycles. The van der Waals surface area contributed by atoms with Crippen LogP contribution in [-0.2, 0) is 0 Å². The van der Waals surface area contributed by atoms with Crippen molar-refractivity contribution in [2.45, 2.75) is 13.8 Å². The predicted octanol–water partition coefficient (Wildman–Crippen LogP) is 6.94. The summed E-state index contributed by atoms with van der Waals surface area (Å²) in [5.41, 5.74) is 2.43. The standard InChI is InChI=1S/C31H28N8O6/c1-3-38(4-2)20-9-14-25(37-36-18-5-7-19(8-6-18)39(44)45)26(15-20)32-31-34-29(23-12-10-21(40)16-27(23)42)33-30(35-31)24-13-11-22(41)17-28(24)43/h5-17,40-43H,3-4H2,1-2H3,(H,32,33,34,35). The van der Waals surface area contributed by atoms with E-state index in [0.29, 0.717) is 17.1 Å². The minimum Gasteiger partial charge on any atom is -0.508 e. The second kappa shape index (κ2) is 12.9. The highest BCUT2D eigenvalue weighted by molar-refractivity contribution is 5.77. The molecular weight excluding hydrogens is 580 g/mol. The Morgan fingerprint density at radius 1 is 0.756 bits per heavy atom. The molecule has 0 radical (unpaired) electrons. The number of nitrogens with zero attached hydrogens (tertiary/aromatic N) is 7. The van der Waals surface area contributed by atoms with Crippen molar-refractivity contribution in [2.75, 3.05) is 23.3 Å². The van der Waals surface area contributed by atoms with Crippen LogP contribution in [0.1, 0.15) is 13.8 Å². The predicted molar refractivity (Wildman–Crippen MR) is 168 cm³/mol. The lowest BCUT2D eigenvalue weighted by Gasteiger charge is -2.22. The van der Waals surface area contributed by atoms with E-state index in [2.05, 4.69) is 35.4 Å². The Balaban J connectivity index is 1.62. The van der Waals surface area contributed by atoms with Crippen molar-refractivity contribution in [3.8, 4) is 45.8 Å². The molecule has 1 aromatic heterocycles. The van der Waals surface area contributed by atoms with Crippen LogP contribution in [0.5, 0.6) is 23.0 Å². The average molecular weight is 609 g/mol. The first-order chi connectivity index (χ1) is 21.6. The van der Waals surface area contributed by atoms with Crippen LogP contribution in [0.4, 0.5) is 34.4 Å². The topological polar surface area (TPSA) is 203 Å². The lowest BCUT2D eigenvalue weighted by atomic mass is 10.1. The summed E-state index contributed by atoms with van der Waals surface area (Å²) >= 11 is 0. The molecule has 0 atom stereocenters. The number of nitro groups is 1. The van der Waals surface area contributed by atoms with E-state index in [4.69, 9.17) is 0 Å². The summed E-state index contributed by atoms with van der Waals surface area (Å²) in [5, 5.41) is 63.5. The van der Waals surface area contributed by atoms with E-state index in [-0.39, 0.29) is 57.4 Å². The molecule has 14 heteroatoms. The minimum absolute atomic E-state index is 0.0263. The molecule has 0 spiro atoms. The Hall–Kier alpha value is -6.31. The minimum atomic E-state index is -0.498. The summed E-state index contributed by atoms with van der Waals surface area (Å²) in [6, 6.07) is 19.0. The lowest BCUT2D eigenvalue weighted by Crippen LogP contribution is -2.21. The summed E-state index contributed by atoms with van der Waals surface area (Å²) in [7, 11) is 0. The van der Waals surface area contributed by atoms with Crippen LogP contribution < -0.4 is 10.2 Å². The molecule has 45 heavy (non-hydrogen) atoms. The van der Waals surface area contributed by atoms with Gasteiger partial charge in [-0.25, -0.2) is 4.98 Å². The van der Waals surface area contributed by atoms with Crippen LogP contribution in [-0.4, -0.2) is 53.4 Å². The normalized spacial score (nSPS) is 11.1. The smallest absolute Gasteiger partial charge is 0.269 e. The first kappa shape index (κ1) is 30.2. The number of azo groups is 1. The van der Waals surface area contributed by atoms with Gasteiger partial charge in [-0.15, -0.1) is 5.11 Å². The van der Waals surface area contributed by atoms with Crippen molar-refractivity contribution in [1.82, 2.24) is 15.0 Å². The highest BCUT2D eigenvalue weighted by Gasteiger charge is 2.18. The Morgan fingerprint density at radius 2 is 1.33 bits per heavy atom. The molecule has 5 rings (SSSR count). The number of nitro benzene ring substituents is 1. The number of nitrogens with one attached hydrogen (secondary N) is 1. The monoisotopic (exact) mass is 608 g/mol. The van der Waals surface area contributed by atoms with Gasteiger partial charge in [0.1, 0.15) is 28.7 Å². The highest BCUT2D eigenvalue weighted by Crippen LogP contribution is 2.37. The van der Waals surface area contributed by atoms with Gasteiger partial charge in [-0.05, 0) is 68.4 Å². The maximum atomic E-state index is 11.0. The molecule has 0 saturated heterocycles. The number of phenols is 4. The van der Waals surface area contributed by atoms with E-state index < -0.39 is 4.92 Å². The van der Waals surface area contributed by atoms with Crippen molar-refractivity contribution in [2.24, 2.45) is 10.2 Å². The van der Waals surface area contributed by atoms with E-state index in [1.54, 1.807) is 6.07 Å². The average Bonchev–Trinajstić information content (AvgIpc) is 3.01. The Morgan fingerprint density at radius 3 is 1.84 bits per heavy atom. The zero-order valence-electron chi connectivity index (χ0n) is 24.2. The van der Waals surface area contributed by atoms with E-state index in [1.807, 2.05) is 26.0 Å². The van der Waals surface area contributed by atoms with Gasteiger partial charge in [0, 0.05) is 43.0 Å². The number of aromatic nitrogens is 3. The first-order valence-electron chi connectivity index (χ1n) is 13.8. The summed E-state index contributed by atoms with van der Waals surface area (Å²) in [6.45, 7) is 5.52. The highest BCUT2D eigenvalue weighted by atomic mass is 16.6. The lowest BCUT2D eigenvalue weighted by molar-refractivity contribution is -0.384. The van der Waals surface area contributed by atoms with Gasteiger partial charge in [-0.1, -0.05) is 0 Å². The number of aromatic hydroxyl groups is 4. The van der Waals surface area contributed by atoms with Crippen LogP contribution in [0.25, 0.3) is 22.8 Å². The SMILES string of the molecule is CCN(CC)c1ccc(N=Nc2ccc([N+](=O)[O-])cc2)c(Nc2nc(-c3ccc(O)cc3O)nc(-c3ccc(O)cc3O)n2)c1. The van der Waals surface area contributed by atoms with Crippen LogP contribution in [0.2, 0.25) is 0 Å². The molecule has 1 heterocycles. The quantitative estimate of drug-likeness (QED) is 0.0624. The Bertz CT molecular complexity index is 1830. The van der Waals surface area contributed by atoms with Crippen molar-refractivity contribution < 1.29 is 25.3 Å². The second-order valence-corrected chi connectivity index (χ2v) is 9.68. The van der Waals surface area contributed by atoms with Gasteiger partial charge >= 0.3 is 0 Å². The molecule has 5 N–H and O–H groups in total. The molecule has 0 aliphatic rings. The van der Waals surface area contributed by atoms with Crippen molar-refractivity contribution in [3.63, 3.8) is 0 Å². The van der Waals surface area contributed by atoms with Gasteiger partial charge in [0.25, 0.3) is 5.69 Å². The number of benzene rings is 4. The van der Waals surface area contributed by atoms with Crippen LogP contribution in [0.3, 0.4) is 0 Å². The maximum absolute atomic E-state index is 11.0. The molecule has 0 aliphatic heterocycles. The van der Waals surface area contributed by atoms with Gasteiger partial charge in [0.15, 0.2) is 11.6 Å². The molecule has 4 aromatic carbocycles. The fourth-order valence-electron chi connectivity index (χ4n) is 4.46. The zero-order valence-corrected chi connectivity index (χ0v) is 24.2. The van der Waals surface area contributed by atoms with Crippen molar-refractivity contribution >= 4 is 34.4 Å². The Kier molecular flexibility index (Phi) is 8.65. The molecule has 5 aromatic rings. The van der Waals surface area contributed by atoms with E-state index >= 15 is 0 Å². The fraction of sp³-hybridized carbons (Fsp3) is 0.129. The third-order valence-corrected chi connectivity index (χ3v) is 6.77. The molecule has 0 fully saturated rings. The zero-order chi connectivity index (χ0) is 32.1. The van der Waals surface area contributed by atoms with Crippen LogP contribution in [0, 0.1) is 10.1 Å². The molecule has 0 amide bonds. The first-order valence-corrected chi connectivity index (χ1v) is 13.8. The number of hydrogen-bond donors (Lipinski definition) is 5. The van der Waals surface area contributed by atoms with Crippen LogP contribution >= 0.6 is 0 Å². The van der Waals surface area contributed by atoms with Gasteiger partial charge in [0.2, 0.25) is 5.95 Å². The largest absolute Gasteiger partial charge is 0.508 e. The second-order valence-electron chi connectivity index (χ2n) is 9.68. The van der Waals surface area contributed by atoms with Gasteiger partial charge in [0.05, 0.1) is 27.4 Å². The van der Waals surface area contributed by atoms with Gasteiger partial charge in [-0.2, -0.15) is 15.1 Å². The number of non-ortho nitro benzene ring substituents is 1. The maximum Gasteiger partial charge on any atom is 0.269 e. The molecule has 0 unspecified atom stereocenters. The fourth-order valence-corrected chi connectivity index (χ4v) is 4.46. The van der Waals surface area contributed by atoms with Gasteiger partial charge in [-0.3, -0.25) is 10.1 Å². The van der Waals surface area contributed by atoms with E-state index in [1.165, 1.54) is 48.5 Å². The molecule has 0 bridgehead atoms. The van der Waals surface area contributed by atoms with Crippen molar-refractivity contribution in [1.29, 1.82) is 0 Å². The molecule has 14 nitrogen and oxygen atoms in total. The molecule has 228 valence electrons. The van der Waals surface area contributed by atoms with Crippen LogP contribution in [0.15, 0.2) is 89.1 Å². The number of hydrogen-bond acceptors (Lipinski definition) is 13. The number of rotatable bonds is 10. The molecule has 0 saturated carbocycles. The van der Waals surface area contributed by atoms with E-state index in [0.717, 1.165) is 30.9 Å². The Labute approximate surface area is 256 Å². The summed E-state index contributed by atoms with van der Waals surface area (Å²) in [5.74, 6) is -0.794. The van der Waals surface area contributed by atoms with Gasteiger partial charge < -0.3 is 30.6 Å². The third kappa shape index (κ3) is 6.85. The molecular formula is C31H28N8O6. The van der Waals surface area contributed by atoms with Crippen molar-refractivity contribution in [3.05, 3.63) is 89.0 Å². The summed E-state index contributed by atoms with van der Waals surface area (Å²) in [4.78, 5) is 26.1. The summed E-state index contributed by atoms with van der Waals surface area (Å²) in [6.07, 6.45) is 0. The summed E-state index contributed by atoms with van der Waals surface area (Å²) < 4.78 is 0.